The molecule has 162 valence electrons. The van der Waals surface area contributed by atoms with Crippen LogP contribution in [0.15, 0.2) is 71.8 Å². The number of carbonyl (C=O) groups is 3. The summed E-state index contributed by atoms with van der Waals surface area (Å²) in [6.45, 7) is 3.78. The third-order valence-corrected chi connectivity index (χ3v) is 4.58. The van der Waals surface area contributed by atoms with Crippen molar-refractivity contribution in [3.63, 3.8) is 0 Å². The van der Waals surface area contributed by atoms with Crippen molar-refractivity contribution in [2.24, 2.45) is 5.10 Å². The molecule has 2 N–H and O–H groups in total. The molecule has 3 rings (SSSR count). The van der Waals surface area contributed by atoms with Gasteiger partial charge >= 0.3 is 17.8 Å². The van der Waals surface area contributed by atoms with Crippen LogP contribution < -0.4 is 15.5 Å². The monoisotopic (exact) mass is 449 g/mol. The van der Waals surface area contributed by atoms with Crippen LogP contribution in [0.25, 0.3) is 0 Å². The Hall–Kier alpha value is -3.97. The van der Waals surface area contributed by atoms with Gasteiger partial charge in [-0.3, -0.25) is 9.59 Å². The summed E-state index contributed by atoms with van der Waals surface area (Å²) in [5.74, 6) is -2.01. The smallest absolute Gasteiger partial charge is 0.343 e. The Bertz CT molecular complexity index is 1210. The summed E-state index contributed by atoms with van der Waals surface area (Å²) in [7, 11) is 0. The van der Waals surface area contributed by atoms with E-state index < -0.39 is 17.8 Å². The number of amides is 2. The van der Waals surface area contributed by atoms with Crippen LogP contribution >= 0.6 is 11.6 Å². The molecule has 0 atom stereocenters. The zero-order valence-corrected chi connectivity index (χ0v) is 18.1. The number of anilines is 1. The third-order valence-electron chi connectivity index (χ3n) is 4.35. The van der Waals surface area contributed by atoms with Crippen LogP contribution in [0.5, 0.6) is 5.75 Å². The fourth-order valence-electron chi connectivity index (χ4n) is 2.79. The van der Waals surface area contributed by atoms with E-state index in [1.54, 1.807) is 48.5 Å². The number of aryl methyl sites for hydroxylation is 2. The van der Waals surface area contributed by atoms with E-state index in [9.17, 15) is 14.4 Å². The number of nitrogens with one attached hydrogen (secondary N) is 2. The van der Waals surface area contributed by atoms with E-state index in [2.05, 4.69) is 15.8 Å². The molecule has 0 aliphatic rings. The first kappa shape index (κ1) is 22.7. The summed E-state index contributed by atoms with van der Waals surface area (Å²) in [6, 6.07) is 18.4. The molecule has 0 radical (unpaired) electrons. The molecular weight excluding hydrogens is 430 g/mol. The average molecular weight is 450 g/mol. The second kappa shape index (κ2) is 10.4. The van der Waals surface area contributed by atoms with Crippen LogP contribution in [0, 0.1) is 13.8 Å². The van der Waals surface area contributed by atoms with Gasteiger partial charge in [0.15, 0.2) is 0 Å². The molecule has 0 saturated carbocycles. The lowest BCUT2D eigenvalue weighted by Gasteiger charge is -2.08. The van der Waals surface area contributed by atoms with Crippen LogP contribution in [0.2, 0.25) is 5.02 Å². The first-order valence-corrected chi connectivity index (χ1v) is 9.99. The molecule has 0 heterocycles. The minimum absolute atomic E-state index is 0.290. The highest BCUT2D eigenvalue weighted by Gasteiger charge is 2.14. The molecule has 2 amide bonds. The minimum atomic E-state index is -0.912. The van der Waals surface area contributed by atoms with Crippen molar-refractivity contribution < 1.29 is 19.1 Å². The molecule has 0 bridgehead atoms. The van der Waals surface area contributed by atoms with Crippen molar-refractivity contribution in [2.75, 3.05) is 5.32 Å². The van der Waals surface area contributed by atoms with Gasteiger partial charge in [0.1, 0.15) is 5.75 Å². The van der Waals surface area contributed by atoms with Gasteiger partial charge in [-0.25, -0.2) is 10.2 Å². The summed E-state index contributed by atoms with van der Waals surface area (Å²) < 4.78 is 5.34. The van der Waals surface area contributed by atoms with Crippen LogP contribution in [0.4, 0.5) is 5.69 Å². The van der Waals surface area contributed by atoms with Crippen molar-refractivity contribution in [1.29, 1.82) is 0 Å². The topological polar surface area (TPSA) is 96.9 Å². The zero-order chi connectivity index (χ0) is 23.1. The maximum Gasteiger partial charge on any atom is 0.343 e. The summed E-state index contributed by atoms with van der Waals surface area (Å²) in [5, 5.41) is 6.76. The van der Waals surface area contributed by atoms with Gasteiger partial charge in [0.2, 0.25) is 0 Å². The van der Waals surface area contributed by atoms with E-state index in [-0.39, 0.29) is 5.75 Å². The highest BCUT2D eigenvalue weighted by atomic mass is 35.5. The molecule has 0 aromatic heterocycles. The van der Waals surface area contributed by atoms with Gasteiger partial charge in [0.25, 0.3) is 0 Å². The van der Waals surface area contributed by atoms with Crippen molar-refractivity contribution in [1.82, 2.24) is 5.43 Å². The molecule has 3 aromatic carbocycles. The number of halogens is 1. The molecule has 0 aliphatic carbocycles. The van der Waals surface area contributed by atoms with Crippen LogP contribution in [0.3, 0.4) is 0 Å². The predicted molar refractivity (Wildman–Crippen MR) is 123 cm³/mol. The number of rotatable bonds is 5. The van der Waals surface area contributed by atoms with Gasteiger partial charge < -0.3 is 10.1 Å². The second-order valence-electron chi connectivity index (χ2n) is 6.94. The standard InChI is InChI=1S/C24H20ClN3O4/c1-15-9-10-21(16(2)11-15)27-22(29)23(30)28-26-14-17-5-3-8-20(12-17)32-24(31)18-6-4-7-19(25)13-18/h3-14H,1-2H3,(H,27,29)(H,28,30)/b26-14+. The minimum Gasteiger partial charge on any atom is -0.423 e. The molecular formula is C24H20ClN3O4. The van der Waals surface area contributed by atoms with Gasteiger partial charge in [0, 0.05) is 10.7 Å². The van der Waals surface area contributed by atoms with Crippen LogP contribution in [-0.4, -0.2) is 24.0 Å². The van der Waals surface area contributed by atoms with Gasteiger partial charge in [-0.2, -0.15) is 5.10 Å². The van der Waals surface area contributed by atoms with Gasteiger partial charge in [-0.1, -0.05) is 47.5 Å². The summed E-state index contributed by atoms with van der Waals surface area (Å²) in [4.78, 5) is 36.3. The maximum atomic E-state index is 12.2. The van der Waals surface area contributed by atoms with E-state index >= 15 is 0 Å². The quantitative estimate of drug-likeness (QED) is 0.200. The van der Waals surface area contributed by atoms with E-state index in [1.807, 2.05) is 26.0 Å². The number of hydrogen-bond donors (Lipinski definition) is 2. The molecule has 0 spiro atoms. The van der Waals surface area contributed by atoms with Crippen molar-refractivity contribution >= 4 is 41.3 Å². The van der Waals surface area contributed by atoms with E-state index in [4.69, 9.17) is 16.3 Å². The predicted octanol–water partition coefficient (Wildman–Crippen LogP) is 4.26. The van der Waals surface area contributed by atoms with Crippen molar-refractivity contribution in [3.8, 4) is 5.75 Å². The molecule has 3 aromatic rings. The van der Waals surface area contributed by atoms with Crippen LogP contribution in [-0.2, 0) is 9.59 Å². The van der Waals surface area contributed by atoms with Crippen LogP contribution in [0.1, 0.15) is 27.0 Å². The number of benzene rings is 3. The lowest BCUT2D eigenvalue weighted by molar-refractivity contribution is -0.136. The fourth-order valence-corrected chi connectivity index (χ4v) is 2.98. The maximum absolute atomic E-state index is 12.2. The SMILES string of the molecule is Cc1ccc(NC(=O)C(=O)N/N=C/c2cccc(OC(=O)c3cccc(Cl)c3)c2)c(C)c1. The van der Waals surface area contributed by atoms with Gasteiger partial charge in [-0.15, -0.1) is 0 Å². The van der Waals surface area contributed by atoms with Gasteiger partial charge in [0.05, 0.1) is 11.8 Å². The Kier molecular flexibility index (Phi) is 7.36. The second-order valence-corrected chi connectivity index (χ2v) is 7.38. The lowest BCUT2D eigenvalue weighted by atomic mass is 10.1. The van der Waals surface area contributed by atoms with E-state index in [0.29, 0.717) is 21.8 Å². The molecule has 0 unspecified atom stereocenters. The first-order chi connectivity index (χ1) is 15.3. The Morgan fingerprint density at radius 1 is 0.938 bits per heavy atom. The highest BCUT2D eigenvalue weighted by molar-refractivity contribution is 6.39. The highest BCUT2D eigenvalue weighted by Crippen LogP contribution is 2.17. The number of nitrogens with zero attached hydrogens (tertiary/aromatic N) is 1. The summed E-state index contributed by atoms with van der Waals surface area (Å²) in [5.41, 5.74) is 5.49. The Balaban J connectivity index is 1.57. The Labute approximate surface area is 190 Å². The number of esters is 1. The third kappa shape index (κ3) is 6.26. The number of carbonyl (C=O) groups excluding carboxylic acids is 3. The van der Waals surface area contributed by atoms with Crippen molar-refractivity contribution in [3.05, 3.63) is 94.0 Å². The summed E-state index contributed by atoms with van der Waals surface area (Å²) >= 11 is 5.89. The van der Waals surface area contributed by atoms with Gasteiger partial charge in [-0.05, 0) is 61.4 Å². The molecule has 0 saturated heterocycles. The average Bonchev–Trinajstić information content (AvgIpc) is 2.76. The fraction of sp³-hybridized carbons (Fsp3) is 0.0833. The Morgan fingerprint density at radius 3 is 2.47 bits per heavy atom. The Morgan fingerprint density at radius 2 is 1.72 bits per heavy atom. The molecule has 7 nitrogen and oxygen atoms in total. The number of ether oxygens (including phenoxy) is 1. The normalized spacial score (nSPS) is 10.6. The van der Waals surface area contributed by atoms with E-state index in [1.165, 1.54) is 12.3 Å². The lowest BCUT2D eigenvalue weighted by Crippen LogP contribution is -2.32. The number of hydrogen-bond acceptors (Lipinski definition) is 5. The zero-order valence-electron chi connectivity index (χ0n) is 17.4. The molecule has 8 heteroatoms. The van der Waals surface area contributed by atoms with E-state index in [0.717, 1.165) is 11.1 Å². The molecule has 0 fully saturated rings. The number of hydrazone groups is 1. The molecule has 0 aliphatic heterocycles. The molecule has 32 heavy (non-hydrogen) atoms. The largest absolute Gasteiger partial charge is 0.423 e. The first-order valence-electron chi connectivity index (χ1n) is 9.61. The summed E-state index contributed by atoms with van der Waals surface area (Å²) in [6.07, 6.45) is 1.33. The van der Waals surface area contributed by atoms with Crippen molar-refractivity contribution in [2.45, 2.75) is 13.8 Å².